The summed E-state index contributed by atoms with van der Waals surface area (Å²) in [6, 6.07) is 10.3. The lowest BCUT2D eigenvalue weighted by molar-refractivity contribution is -0.123. The van der Waals surface area contributed by atoms with Crippen molar-refractivity contribution in [3.8, 4) is 5.75 Å². The molecule has 0 aliphatic heterocycles. The third kappa shape index (κ3) is 4.97. The topological polar surface area (TPSA) is 64.6 Å². The van der Waals surface area contributed by atoms with Crippen LogP contribution in [0.2, 0.25) is 5.02 Å². The first kappa shape index (κ1) is 18.8. The molecule has 0 bridgehead atoms. The van der Waals surface area contributed by atoms with E-state index in [4.69, 9.17) is 21.1 Å². The van der Waals surface area contributed by atoms with Gasteiger partial charge in [-0.05, 0) is 51.1 Å². The van der Waals surface area contributed by atoms with Crippen LogP contribution in [0.4, 0.5) is 5.69 Å². The van der Waals surface area contributed by atoms with Crippen molar-refractivity contribution in [1.29, 1.82) is 0 Å². The van der Waals surface area contributed by atoms with E-state index in [2.05, 4.69) is 5.32 Å². The smallest absolute Gasteiger partial charge is 0.338 e. The van der Waals surface area contributed by atoms with E-state index in [1.54, 1.807) is 30.3 Å². The molecule has 0 saturated carbocycles. The third-order valence-electron chi connectivity index (χ3n) is 3.53. The Morgan fingerprint density at radius 3 is 2.32 bits per heavy atom. The molecule has 0 radical (unpaired) electrons. The number of ether oxygens (including phenoxy) is 2. The highest BCUT2D eigenvalue weighted by atomic mass is 35.5. The molecule has 0 aromatic heterocycles. The summed E-state index contributed by atoms with van der Waals surface area (Å²) in [5, 5.41) is 3.11. The highest BCUT2D eigenvalue weighted by molar-refractivity contribution is 6.31. The average molecular weight is 362 g/mol. The van der Waals surface area contributed by atoms with E-state index in [9.17, 15) is 9.59 Å². The zero-order valence-electron chi connectivity index (χ0n) is 14.6. The first-order chi connectivity index (χ1) is 11.8. The number of carbonyl (C=O) groups excluding carboxylic acids is 2. The van der Waals surface area contributed by atoms with Gasteiger partial charge in [0, 0.05) is 5.02 Å². The Bertz CT molecular complexity index is 784. The van der Waals surface area contributed by atoms with Crippen LogP contribution in [0.15, 0.2) is 36.4 Å². The second-order valence-electron chi connectivity index (χ2n) is 5.76. The van der Waals surface area contributed by atoms with Gasteiger partial charge in [-0.25, -0.2) is 4.79 Å². The van der Waals surface area contributed by atoms with E-state index in [0.29, 0.717) is 22.0 Å². The van der Waals surface area contributed by atoms with E-state index in [1.165, 1.54) is 14.0 Å². The maximum Gasteiger partial charge on any atom is 0.338 e. The van der Waals surface area contributed by atoms with E-state index in [1.807, 2.05) is 19.9 Å². The number of anilines is 1. The van der Waals surface area contributed by atoms with Gasteiger partial charge in [0.05, 0.1) is 18.4 Å². The molecule has 1 N–H and O–H groups in total. The molecule has 1 amide bonds. The number of hydrogen-bond donors (Lipinski definition) is 1. The van der Waals surface area contributed by atoms with Gasteiger partial charge >= 0.3 is 5.97 Å². The average Bonchev–Trinajstić information content (AvgIpc) is 2.54. The molecule has 5 nitrogen and oxygen atoms in total. The van der Waals surface area contributed by atoms with Crippen LogP contribution in [0.5, 0.6) is 5.75 Å². The lowest BCUT2D eigenvalue weighted by atomic mass is 10.1. The summed E-state index contributed by atoms with van der Waals surface area (Å²) >= 11 is 5.94. The first-order valence-corrected chi connectivity index (χ1v) is 8.11. The first-order valence-electron chi connectivity index (χ1n) is 7.74. The van der Waals surface area contributed by atoms with E-state index in [0.717, 1.165) is 11.1 Å². The molecule has 132 valence electrons. The highest BCUT2D eigenvalue weighted by Crippen LogP contribution is 2.27. The zero-order valence-corrected chi connectivity index (χ0v) is 15.3. The summed E-state index contributed by atoms with van der Waals surface area (Å²) < 4.78 is 10.4. The summed E-state index contributed by atoms with van der Waals surface area (Å²) in [5.41, 5.74) is 2.73. The van der Waals surface area contributed by atoms with Gasteiger partial charge in [0.1, 0.15) is 5.75 Å². The number of amides is 1. The van der Waals surface area contributed by atoms with Crippen LogP contribution in [0, 0.1) is 13.8 Å². The summed E-state index contributed by atoms with van der Waals surface area (Å²) in [7, 11) is 1.49. The van der Waals surface area contributed by atoms with Gasteiger partial charge in [-0.15, -0.1) is 0 Å². The van der Waals surface area contributed by atoms with Crippen molar-refractivity contribution in [3.63, 3.8) is 0 Å². The van der Waals surface area contributed by atoms with Gasteiger partial charge in [-0.3, -0.25) is 4.79 Å². The summed E-state index contributed by atoms with van der Waals surface area (Å²) in [5.74, 6) is -0.559. The van der Waals surface area contributed by atoms with E-state index < -0.39 is 18.0 Å². The predicted molar refractivity (Wildman–Crippen MR) is 97.4 cm³/mol. The van der Waals surface area contributed by atoms with Gasteiger partial charge in [0.15, 0.2) is 6.10 Å². The van der Waals surface area contributed by atoms with Crippen molar-refractivity contribution in [2.24, 2.45) is 0 Å². The van der Waals surface area contributed by atoms with Gasteiger partial charge in [0.2, 0.25) is 0 Å². The monoisotopic (exact) mass is 361 g/mol. The molecule has 0 heterocycles. The molecular weight excluding hydrogens is 342 g/mol. The molecule has 25 heavy (non-hydrogen) atoms. The van der Waals surface area contributed by atoms with E-state index >= 15 is 0 Å². The normalized spacial score (nSPS) is 11.6. The van der Waals surface area contributed by atoms with E-state index in [-0.39, 0.29) is 0 Å². The third-order valence-corrected chi connectivity index (χ3v) is 3.76. The number of halogens is 1. The fraction of sp³-hybridized carbons (Fsp3) is 0.263. The fourth-order valence-electron chi connectivity index (χ4n) is 2.39. The summed E-state index contributed by atoms with van der Waals surface area (Å²) in [4.78, 5) is 24.6. The molecule has 0 unspecified atom stereocenters. The minimum absolute atomic E-state index is 0.411. The number of carbonyl (C=O) groups is 2. The van der Waals surface area contributed by atoms with Crippen LogP contribution in [0.3, 0.4) is 0 Å². The molecule has 0 fully saturated rings. The molecule has 6 heteroatoms. The van der Waals surface area contributed by atoms with Crippen molar-refractivity contribution in [1.82, 2.24) is 0 Å². The van der Waals surface area contributed by atoms with Crippen molar-refractivity contribution in [2.45, 2.75) is 26.9 Å². The van der Waals surface area contributed by atoms with Crippen LogP contribution in [-0.2, 0) is 9.53 Å². The largest absolute Gasteiger partial charge is 0.495 e. The molecule has 2 aromatic carbocycles. The van der Waals surface area contributed by atoms with Gasteiger partial charge in [0.25, 0.3) is 5.91 Å². The molecule has 0 saturated heterocycles. The Hall–Kier alpha value is -2.53. The van der Waals surface area contributed by atoms with Crippen LogP contribution < -0.4 is 10.1 Å². The van der Waals surface area contributed by atoms with Crippen molar-refractivity contribution >= 4 is 29.2 Å². The van der Waals surface area contributed by atoms with Crippen molar-refractivity contribution < 1.29 is 19.1 Å². The fourth-order valence-corrected chi connectivity index (χ4v) is 2.56. The number of benzene rings is 2. The summed E-state index contributed by atoms with van der Waals surface area (Å²) in [6.07, 6.45) is -0.975. The lowest BCUT2D eigenvalue weighted by Crippen LogP contribution is -2.30. The van der Waals surface area contributed by atoms with Crippen molar-refractivity contribution in [2.75, 3.05) is 12.4 Å². The number of methoxy groups -OCH3 is 1. The standard InChI is InChI=1S/C19H20ClNO4/c1-11-7-12(2)9-14(8-11)19(23)25-13(3)18(22)21-16-10-15(20)5-6-17(16)24-4/h5-10,13H,1-4H3,(H,21,22)/t13-/m0/s1. The maximum absolute atomic E-state index is 12.3. The molecule has 1 atom stereocenters. The number of hydrogen-bond acceptors (Lipinski definition) is 4. The van der Waals surface area contributed by atoms with Crippen LogP contribution >= 0.6 is 11.6 Å². The van der Waals surface area contributed by atoms with Crippen molar-refractivity contribution in [3.05, 3.63) is 58.1 Å². The summed E-state index contributed by atoms with van der Waals surface area (Å²) in [6.45, 7) is 5.30. The SMILES string of the molecule is COc1ccc(Cl)cc1NC(=O)[C@H](C)OC(=O)c1cc(C)cc(C)c1. The Balaban J connectivity index is 2.07. The molecule has 2 aromatic rings. The number of nitrogens with one attached hydrogen (secondary N) is 1. The number of esters is 1. The van der Waals surface area contributed by atoms with Gasteiger partial charge in [-0.1, -0.05) is 28.8 Å². The number of rotatable bonds is 5. The number of aryl methyl sites for hydroxylation is 2. The minimum atomic E-state index is -0.975. The Labute approximate surface area is 151 Å². The highest BCUT2D eigenvalue weighted by Gasteiger charge is 2.20. The van der Waals surface area contributed by atoms with Gasteiger partial charge in [-0.2, -0.15) is 0 Å². The Morgan fingerprint density at radius 2 is 1.72 bits per heavy atom. The van der Waals surface area contributed by atoms with Crippen LogP contribution in [-0.4, -0.2) is 25.1 Å². The zero-order chi connectivity index (χ0) is 18.6. The molecule has 0 aliphatic carbocycles. The minimum Gasteiger partial charge on any atom is -0.495 e. The predicted octanol–water partition coefficient (Wildman–Crippen LogP) is 4.15. The van der Waals surface area contributed by atoms with Gasteiger partial charge < -0.3 is 14.8 Å². The maximum atomic E-state index is 12.3. The second-order valence-corrected chi connectivity index (χ2v) is 6.19. The van der Waals surface area contributed by atoms with Crippen LogP contribution in [0.1, 0.15) is 28.4 Å². The Kier molecular flexibility index (Phi) is 6.04. The molecule has 2 rings (SSSR count). The lowest BCUT2D eigenvalue weighted by Gasteiger charge is -2.15. The van der Waals surface area contributed by atoms with Crippen LogP contribution in [0.25, 0.3) is 0 Å². The quantitative estimate of drug-likeness (QED) is 0.812. The second kappa shape index (κ2) is 8.03. The molecular formula is C19H20ClNO4. The molecule has 0 spiro atoms. The Morgan fingerprint density at radius 1 is 1.08 bits per heavy atom. The molecule has 0 aliphatic rings.